The molecule has 1 aromatic heterocycles. The maximum atomic E-state index is 13.1. The molecule has 3 aromatic rings. The number of nitrogens with zero attached hydrogens (tertiary/aromatic N) is 3. The third kappa shape index (κ3) is 3.97. The number of piperidine rings is 1. The zero-order valence-corrected chi connectivity index (χ0v) is 18.3. The lowest BCUT2D eigenvalue weighted by Gasteiger charge is -2.29. The van der Waals surface area contributed by atoms with E-state index in [1.54, 1.807) is 0 Å². The zero-order chi connectivity index (χ0) is 21.5. The Morgan fingerprint density at radius 3 is 2.47 bits per heavy atom. The Labute approximate surface area is 178 Å². The number of fused-ring (bicyclic) bond motifs is 1. The number of carbonyl (C=O) groups is 1. The summed E-state index contributed by atoms with van der Waals surface area (Å²) in [5.41, 5.74) is 2.18. The highest BCUT2D eigenvalue weighted by Gasteiger charge is 2.32. The van der Waals surface area contributed by atoms with Crippen LogP contribution in [0.5, 0.6) is 0 Å². The van der Waals surface area contributed by atoms with Gasteiger partial charge in [0.15, 0.2) is 4.80 Å². The Bertz CT molecular complexity index is 1270. The second-order valence-electron chi connectivity index (χ2n) is 7.50. The van der Waals surface area contributed by atoms with Crippen molar-refractivity contribution in [2.24, 2.45) is 18.0 Å². The van der Waals surface area contributed by atoms with E-state index in [1.165, 1.54) is 27.8 Å². The average Bonchev–Trinajstić information content (AvgIpc) is 3.03. The van der Waals surface area contributed by atoms with Crippen LogP contribution in [0.1, 0.15) is 18.4 Å². The van der Waals surface area contributed by atoms with Crippen LogP contribution in [0.25, 0.3) is 10.2 Å². The molecular formula is C21H22FN3O3S2. The summed E-state index contributed by atoms with van der Waals surface area (Å²) in [6.07, 6.45) is 0.826. The molecule has 0 saturated carbocycles. The van der Waals surface area contributed by atoms with E-state index in [1.807, 2.05) is 30.7 Å². The largest absolute Gasteiger partial charge is 0.319 e. The minimum absolute atomic E-state index is 0.0611. The van der Waals surface area contributed by atoms with Gasteiger partial charge < -0.3 is 4.57 Å². The molecule has 30 heavy (non-hydrogen) atoms. The van der Waals surface area contributed by atoms with Crippen LogP contribution < -0.4 is 4.80 Å². The molecular weight excluding hydrogens is 425 g/mol. The maximum absolute atomic E-state index is 13.1. The lowest BCUT2D eigenvalue weighted by molar-refractivity contribution is -0.122. The van der Waals surface area contributed by atoms with Crippen molar-refractivity contribution in [3.8, 4) is 0 Å². The average molecular weight is 448 g/mol. The fourth-order valence-corrected chi connectivity index (χ4v) is 6.22. The van der Waals surface area contributed by atoms with Gasteiger partial charge in [0.2, 0.25) is 10.0 Å². The molecule has 1 saturated heterocycles. The lowest BCUT2D eigenvalue weighted by Crippen LogP contribution is -2.40. The first-order valence-corrected chi connectivity index (χ1v) is 11.9. The Morgan fingerprint density at radius 2 is 1.80 bits per heavy atom. The Kier molecular flexibility index (Phi) is 5.61. The van der Waals surface area contributed by atoms with Gasteiger partial charge in [0, 0.05) is 26.1 Å². The zero-order valence-electron chi connectivity index (χ0n) is 16.7. The van der Waals surface area contributed by atoms with Crippen molar-refractivity contribution in [3.05, 3.63) is 58.6 Å². The van der Waals surface area contributed by atoms with Gasteiger partial charge in [-0.05, 0) is 61.7 Å². The van der Waals surface area contributed by atoms with Crippen LogP contribution in [0.4, 0.5) is 4.39 Å². The standard InChI is InChI=1S/C21H22FN3O3S2/c1-14-3-8-18-19(13-14)29-21(24(18)2)23-20(26)15-9-11-25(12-10-15)30(27,28)17-6-4-16(22)5-7-17/h3-8,13,15H,9-12H2,1-2H3. The lowest BCUT2D eigenvalue weighted by atomic mass is 9.98. The molecule has 0 aliphatic carbocycles. The topological polar surface area (TPSA) is 71.7 Å². The summed E-state index contributed by atoms with van der Waals surface area (Å²) < 4.78 is 42.9. The molecule has 1 fully saturated rings. The summed E-state index contributed by atoms with van der Waals surface area (Å²) in [4.78, 5) is 17.8. The van der Waals surface area contributed by atoms with E-state index in [-0.39, 0.29) is 29.8 Å². The number of aryl methyl sites for hydroxylation is 2. The summed E-state index contributed by atoms with van der Waals surface area (Å²) in [6, 6.07) is 10.9. The van der Waals surface area contributed by atoms with Gasteiger partial charge in [-0.3, -0.25) is 4.79 Å². The molecule has 1 aliphatic rings. The van der Waals surface area contributed by atoms with E-state index in [0.29, 0.717) is 17.6 Å². The summed E-state index contributed by atoms with van der Waals surface area (Å²) in [5.74, 6) is -1.01. The molecule has 2 aromatic carbocycles. The monoisotopic (exact) mass is 447 g/mol. The molecule has 4 rings (SSSR count). The first kappa shape index (κ1) is 20.9. The Balaban J connectivity index is 1.49. The molecule has 0 spiro atoms. The van der Waals surface area contributed by atoms with Gasteiger partial charge in [-0.1, -0.05) is 17.4 Å². The number of rotatable bonds is 3. The summed E-state index contributed by atoms with van der Waals surface area (Å²) in [6.45, 7) is 2.50. The first-order valence-electron chi connectivity index (χ1n) is 9.66. The van der Waals surface area contributed by atoms with Crippen molar-refractivity contribution in [2.75, 3.05) is 13.1 Å². The number of benzene rings is 2. The quantitative estimate of drug-likeness (QED) is 0.619. The Morgan fingerprint density at radius 1 is 1.13 bits per heavy atom. The van der Waals surface area contributed by atoms with Crippen LogP contribution in [-0.2, 0) is 21.9 Å². The molecule has 1 aliphatic heterocycles. The molecule has 2 heterocycles. The van der Waals surface area contributed by atoms with Crippen LogP contribution >= 0.6 is 11.3 Å². The molecule has 158 valence electrons. The normalized spacial score (nSPS) is 17.0. The first-order chi connectivity index (χ1) is 14.3. The van der Waals surface area contributed by atoms with Crippen molar-refractivity contribution in [1.82, 2.24) is 8.87 Å². The number of amides is 1. The van der Waals surface area contributed by atoms with Gasteiger partial charge in [0.05, 0.1) is 15.1 Å². The third-order valence-electron chi connectivity index (χ3n) is 5.43. The van der Waals surface area contributed by atoms with E-state index in [9.17, 15) is 17.6 Å². The molecule has 0 N–H and O–H groups in total. The number of hydrogen-bond acceptors (Lipinski definition) is 4. The number of thiazole rings is 1. The minimum atomic E-state index is -3.69. The number of aromatic nitrogens is 1. The van der Waals surface area contributed by atoms with Crippen molar-refractivity contribution in [2.45, 2.75) is 24.7 Å². The van der Waals surface area contributed by atoms with Gasteiger partial charge in [-0.2, -0.15) is 9.30 Å². The number of sulfonamides is 1. The highest BCUT2D eigenvalue weighted by atomic mass is 32.2. The molecule has 0 radical (unpaired) electrons. The SMILES string of the molecule is Cc1ccc2c(c1)sc(=NC(=O)C1CCN(S(=O)(=O)c3ccc(F)cc3)CC1)n2C. The summed E-state index contributed by atoms with van der Waals surface area (Å²) in [7, 11) is -1.81. The highest BCUT2D eigenvalue weighted by molar-refractivity contribution is 7.89. The van der Waals surface area contributed by atoms with E-state index >= 15 is 0 Å². The summed E-state index contributed by atoms with van der Waals surface area (Å²) in [5, 5.41) is 0. The fraction of sp³-hybridized carbons (Fsp3) is 0.333. The van der Waals surface area contributed by atoms with Crippen LogP contribution in [-0.4, -0.2) is 36.3 Å². The van der Waals surface area contributed by atoms with Crippen LogP contribution in [0, 0.1) is 18.7 Å². The van der Waals surface area contributed by atoms with Gasteiger partial charge >= 0.3 is 0 Å². The Hall–Kier alpha value is -2.36. The molecule has 0 atom stereocenters. The molecule has 6 nitrogen and oxygen atoms in total. The number of carbonyl (C=O) groups excluding carboxylic acids is 1. The van der Waals surface area contributed by atoms with Gasteiger partial charge in [0.1, 0.15) is 5.82 Å². The number of halogens is 1. The van der Waals surface area contributed by atoms with E-state index in [4.69, 9.17) is 0 Å². The van der Waals surface area contributed by atoms with Crippen molar-refractivity contribution in [3.63, 3.8) is 0 Å². The van der Waals surface area contributed by atoms with Crippen molar-refractivity contribution < 1.29 is 17.6 Å². The summed E-state index contributed by atoms with van der Waals surface area (Å²) >= 11 is 1.47. The van der Waals surface area contributed by atoms with Crippen LogP contribution in [0.15, 0.2) is 52.4 Å². The van der Waals surface area contributed by atoms with Gasteiger partial charge in [0.25, 0.3) is 5.91 Å². The van der Waals surface area contributed by atoms with Crippen molar-refractivity contribution >= 4 is 37.5 Å². The second kappa shape index (κ2) is 8.05. The molecule has 0 unspecified atom stereocenters. The van der Waals surface area contributed by atoms with E-state index in [2.05, 4.69) is 11.1 Å². The van der Waals surface area contributed by atoms with Crippen LogP contribution in [0.2, 0.25) is 0 Å². The third-order valence-corrected chi connectivity index (χ3v) is 8.43. The highest BCUT2D eigenvalue weighted by Crippen LogP contribution is 2.25. The van der Waals surface area contributed by atoms with E-state index in [0.717, 1.165) is 27.9 Å². The molecule has 9 heteroatoms. The second-order valence-corrected chi connectivity index (χ2v) is 10.4. The van der Waals surface area contributed by atoms with Gasteiger partial charge in [-0.15, -0.1) is 0 Å². The van der Waals surface area contributed by atoms with Gasteiger partial charge in [-0.25, -0.2) is 12.8 Å². The van der Waals surface area contributed by atoms with Crippen molar-refractivity contribution in [1.29, 1.82) is 0 Å². The van der Waals surface area contributed by atoms with E-state index < -0.39 is 15.8 Å². The maximum Gasteiger partial charge on any atom is 0.251 e. The number of hydrogen-bond donors (Lipinski definition) is 0. The van der Waals surface area contributed by atoms with Crippen LogP contribution in [0.3, 0.4) is 0 Å². The molecule has 1 amide bonds. The fourth-order valence-electron chi connectivity index (χ4n) is 3.63. The predicted octanol–water partition coefficient (Wildman–Crippen LogP) is 3.22. The molecule has 0 bridgehead atoms. The smallest absolute Gasteiger partial charge is 0.251 e. The minimum Gasteiger partial charge on any atom is -0.319 e. The predicted molar refractivity (Wildman–Crippen MR) is 114 cm³/mol.